The molecular weight excluding hydrogens is 400 g/mol. The van der Waals surface area contributed by atoms with Crippen molar-refractivity contribution in [2.24, 2.45) is 4.99 Å². The van der Waals surface area contributed by atoms with Gasteiger partial charge in [-0.3, -0.25) is 4.79 Å². The third-order valence-electron chi connectivity index (χ3n) is 4.73. The summed E-state index contributed by atoms with van der Waals surface area (Å²) in [5, 5.41) is 3.65. The molecule has 0 spiro atoms. The van der Waals surface area contributed by atoms with Crippen LogP contribution < -0.4 is 5.32 Å². The van der Waals surface area contributed by atoms with Crippen molar-refractivity contribution >= 4 is 40.7 Å². The van der Waals surface area contributed by atoms with E-state index in [1.807, 2.05) is 54.6 Å². The van der Waals surface area contributed by atoms with Gasteiger partial charge in [-0.25, -0.2) is 4.99 Å². The molecule has 0 aromatic heterocycles. The number of fused-ring (bicyclic) bond motifs is 2. The maximum absolute atomic E-state index is 12.5. The molecular formula is C24H21ClN2OS. The molecule has 146 valence electrons. The number of unbranched alkanes of at least 4 members (excludes halogenated alkanes) is 1. The summed E-state index contributed by atoms with van der Waals surface area (Å²) in [7, 11) is 0. The molecule has 3 aromatic carbocycles. The fourth-order valence-electron chi connectivity index (χ4n) is 3.22. The normalized spacial score (nSPS) is 12.4. The maximum Gasteiger partial charge on any atom is 0.251 e. The van der Waals surface area contributed by atoms with Crippen LogP contribution in [0.1, 0.15) is 41.3 Å². The van der Waals surface area contributed by atoms with Gasteiger partial charge in [0.05, 0.1) is 11.4 Å². The number of hydrogen-bond donors (Lipinski definition) is 1. The van der Waals surface area contributed by atoms with Crippen molar-refractivity contribution in [1.29, 1.82) is 0 Å². The van der Waals surface area contributed by atoms with Gasteiger partial charge in [0.1, 0.15) is 0 Å². The van der Waals surface area contributed by atoms with Gasteiger partial charge in [0.25, 0.3) is 5.91 Å². The zero-order valence-corrected chi connectivity index (χ0v) is 17.7. The molecule has 0 saturated carbocycles. The van der Waals surface area contributed by atoms with Crippen molar-refractivity contribution in [3.8, 4) is 0 Å². The van der Waals surface area contributed by atoms with Gasteiger partial charge in [0, 0.05) is 38.0 Å². The van der Waals surface area contributed by atoms with Gasteiger partial charge in [-0.1, -0.05) is 67.0 Å². The standard InChI is InChI=1S/C24H21ClN2OS/c1-2-3-13-26-24(28)17-11-12-22-20(15-17)27-23(16-7-6-8-18(25)14-16)19-9-4-5-10-21(19)29-22/h4-12,14-15H,2-3,13H2,1H3,(H,26,28). The van der Waals surface area contributed by atoms with Gasteiger partial charge < -0.3 is 5.32 Å². The van der Waals surface area contributed by atoms with Crippen LogP contribution in [0.2, 0.25) is 5.02 Å². The van der Waals surface area contributed by atoms with Crippen LogP contribution >= 0.6 is 23.4 Å². The third-order valence-corrected chi connectivity index (χ3v) is 6.11. The number of hydrogen-bond acceptors (Lipinski definition) is 3. The molecule has 1 amide bonds. The van der Waals surface area contributed by atoms with Gasteiger partial charge in [-0.05, 0) is 42.8 Å². The molecule has 29 heavy (non-hydrogen) atoms. The van der Waals surface area contributed by atoms with E-state index in [4.69, 9.17) is 16.6 Å². The Morgan fingerprint density at radius 3 is 2.72 bits per heavy atom. The van der Waals surface area contributed by atoms with Crippen LogP contribution in [0.25, 0.3) is 0 Å². The number of rotatable bonds is 5. The van der Waals surface area contributed by atoms with Gasteiger partial charge in [0.15, 0.2) is 0 Å². The molecule has 0 radical (unpaired) electrons. The van der Waals surface area contributed by atoms with E-state index >= 15 is 0 Å². The molecule has 1 heterocycles. The molecule has 1 aliphatic heterocycles. The molecule has 1 aliphatic rings. The number of nitrogens with zero attached hydrogens (tertiary/aromatic N) is 1. The summed E-state index contributed by atoms with van der Waals surface area (Å²) in [5.74, 6) is -0.0625. The predicted molar refractivity (Wildman–Crippen MR) is 121 cm³/mol. The van der Waals surface area contributed by atoms with Gasteiger partial charge >= 0.3 is 0 Å². The van der Waals surface area contributed by atoms with E-state index in [-0.39, 0.29) is 5.91 Å². The lowest BCUT2D eigenvalue weighted by atomic mass is 10.0. The number of carbonyl (C=O) groups excluding carboxylic acids is 1. The Morgan fingerprint density at radius 2 is 1.90 bits per heavy atom. The lowest BCUT2D eigenvalue weighted by molar-refractivity contribution is 0.0953. The SMILES string of the molecule is CCCCNC(=O)c1ccc2c(c1)N=C(c1cccc(Cl)c1)c1ccccc1S2. The number of carbonyl (C=O) groups is 1. The fraction of sp³-hybridized carbons (Fsp3) is 0.167. The van der Waals surface area contributed by atoms with Gasteiger partial charge in [-0.2, -0.15) is 0 Å². The highest BCUT2D eigenvalue weighted by molar-refractivity contribution is 7.99. The number of aliphatic imine (C=N–C) groups is 1. The molecule has 4 rings (SSSR count). The van der Waals surface area contributed by atoms with E-state index in [0.717, 1.165) is 45.2 Å². The van der Waals surface area contributed by atoms with Crippen molar-refractivity contribution in [3.05, 3.63) is 88.4 Å². The molecule has 0 aliphatic carbocycles. The zero-order valence-electron chi connectivity index (χ0n) is 16.1. The summed E-state index contributed by atoms with van der Waals surface area (Å²) in [6.07, 6.45) is 2.02. The monoisotopic (exact) mass is 420 g/mol. The van der Waals surface area contributed by atoms with Crippen molar-refractivity contribution in [2.45, 2.75) is 29.6 Å². The van der Waals surface area contributed by atoms with Crippen molar-refractivity contribution < 1.29 is 4.79 Å². The number of amides is 1. The van der Waals surface area contributed by atoms with E-state index in [2.05, 4.69) is 24.4 Å². The summed E-state index contributed by atoms with van der Waals surface area (Å²) in [6, 6.07) is 21.7. The molecule has 3 nitrogen and oxygen atoms in total. The summed E-state index contributed by atoms with van der Waals surface area (Å²) in [6.45, 7) is 2.79. The van der Waals surface area contributed by atoms with Crippen molar-refractivity contribution in [1.82, 2.24) is 5.32 Å². The Morgan fingerprint density at radius 1 is 1.03 bits per heavy atom. The molecule has 0 bridgehead atoms. The Bertz CT molecular complexity index is 1090. The van der Waals surface area contributed by atoms with Crippen molar-refractivity contribution in [2.75, 3.05) is 6.54 Å². The van der Waals surface area contributed by atoms with Crippen LogP contribution in [-0.4, -0.2) is 18.2 Å². The van der Waals surface area contributed by atoms with E-state index in [1.54, 1.807) is 11.8 Å². The average molecular weight is 421 g/mol. The smallest absolute Gasteiger partial charge is 0.251 e. The lowest BCUT2D eigenvalue weighted by Gasteiger charge is -2.09. The summed E-state index contributed by atoms with van der Waals surface area (Å²) in [4.78, 5) is 19.7. The second-order valence-electron chi connectivity index (χ2n) is 6.86. The highest BCUT2D eigenvalue weighted by atomic mass is 35.5. The highest BCUT2D eigenvalue weighted by Gasteiger charge is 2.20. The molecule has 0 unspecified atom stereocenters. The van der Waals surface area contributed by atoms with E-state index in [1.165, 1.54) is 0 Å². The quantitative estimate of drug-likeness (QED) is 0.374. The maximum atomic E-state index is 12.5. The highest BCUT2D eigenvalue weighted by Crippen LogP contribution is 2.41. The number of benzene rings is 3. The van der Waals surface area contributed by atoms with Crippen LogP contribution in [0, 0.1) is 0 Å². The van der Waals surface area contributed by atoms with E-state index in [9.17, 15) is 4.79 Å². The Labute approximate surface area is 180 Å². The lowest BCUT2D eigenvalue weighted by Crippen LogP contribution is -2.24. The molecule has 5 heteroatoms. The summed E-state index contributed by atoms with van der Waals surface area (Å²) < 4.78 is 0. The van der Waals surface area contributed by atoms with Crippen molar-refractivity contribution in [3.63, 3.8) is 0 Å². The molecule has 1 N–H and O–H groups in total. The van der Waals surface area contributed by atoms with E-state index < -0.39 is 0 Å². The van der Waals surface area contributed by atoms with Crippen LogP contribution in [0.3, 0.4) is 0 Å². The first kappa shape index (κ1) is 19.7. The van der Waals surface area contributed by atoms with E-state index in [0.29, 0.717) is 17.1 Å². The second kappa shape index (κ2) is 8.85. The average Bonchev–Trinajstić information content (AvgIpc) is 2.90. The Hall–Kier alpha value is -2.56. The minimum absolute atomic E-state index is 0.0625. The topological polar surface area (TPSA) is 41.5 Å². The van der Waals surface area contributed by atoms with Crippen LogP contribution in [0.4, 0.5) is 5.69 Å². The summed E-state index contributed by atoms with van der Waals surface area (Å²) >= 11 is 7.91. The molecule has 0 fully saturated rings. The van der Waals surface area contributed by atoms with Crippen LogP contribution in [-0.2, 0) is 0 Å². The largest absolute Gasteiger partial charge is 0.352 e. The van der Waals surface area contributed by atoms with Gasteiger partial charge in [-0.15, -0.1) is 0 Å². The Kier molecular flexibility index (Phi) is 6.02. The first-order valence-electron chi connectivity index (χ1n) is 9.70. The number of halogens is 1. The predicted octanol–water partition coefficient (Wildman–Crippen LogP) is 6.50. The first-order valence-corrected chi connectivity index (χ1v) is 10.9. The van der Waals surface area contributed by atoms with Gasteiger partial charge in [0.2, 0.25) is 0 Å². The molecule has 3 aromatic rings. The first-order chi connectivity index (χ1) is 14.2. The fourth-order valence-corrected chi connectivity index (χ4v) is 4.41. The minimum Gasteiger partial charge on any atom is -0.352 e. The molecule has 0 atom stereocenters. The number of nitrogens with one attached hydrogen (secondary N) is 1. The minimum atomic E-state index is -0.0625. The van der Waals surface area contributed by atoms with Crippen LogP contribution in [0.15, 0.2) is 81.5 Å². The second-order valence-corrected chi connectivity index (χ2v) is 8.38. The summed E-state index contributed by atoms with van der Waals surface area (Å²) in [5.41, 5.74) is 4.30. The zero-order chi connectivity index (χ0) is 20.2. The Balaban J connectivity index is 1.79. The third kappa shape index (κ3) is 4.39. The van der Waals surface area contributed by atoms with Crippen LogP contribution in [0.5, 0.6) is 0 Å². The molecule has 0 saturated heterocycles.